The van der Waals surface area contributed by atoms with Crippen molar-refractivity contribution in [1.82, 2.24) is 0 Å². The van der Waals surface area contributed by atoms with Crippen LogP contribution in [0.1, 0.15) is 0 Å². The maximum atomic E-state index is 9.71. The SMILES string of the molecule is O=P([O-])([O-])OCC(O)CO.[Cr+2]. The number of phosphoric ester groups is 1. The molecule has 1 atom stereocenters. The van der Waals surface area contributed by atoms with Gasteiger partial charge in [-0.1, -0.05) is 0 Å². The smallest absolute Gasteiger partial charge is 0.790 e. The van der Waals surface area contributed by atoms with Gasteiger partial charge in [-0.2, -0.15) is 0 Å². The van der Waals surface area contributed by atoms with E-state index in [0.29, 0.717) is 0 Å². The molecule has 66 valence electrons. The van der Waals surface area contributed by atoms with E-state index in [9.17, 15) is 14.4 Å². The fraction of sp³-hybridized carbons (Fsp3) is 1.00. The summed E-state index contributed by atoms with van der Waals surface area (Å²) < 4.78 is 13.3. The van der Waals surface area contributed by atoms with Gasteiger partial charge in [0.15, 0.2) is 0 Å². The quantitative estimate of drug-likeness (QED) is 0.496. The van der Waals surface area contributed by atoms with Crippen molar-refractivity contribution in [3.8, 4) is 0 Å². The monoisotopic (exact) mass is 222 g/mol. The van der Waals surface area contributed by atoms with Crippen molar-refractivity contribution < 1.29 is 46.4 Å². The molecule has 0 aromatic carbocycles. The van der Waals surface area contributed by atoms with Crippen molar-refractivity contribution in [2.24, 2.45) is 0 Å². The van der Waals surface area contributed by atoms with Crippen LogP contribution < -0.4 is 9.79 Å². The molecule has 0 bridgehead atoms. The maximum absolute atomic E-state index is 9.71. The molecule has 0 saturated carbocycles. The first-order chi connectivity index (χ1) is 4.45. The molecule has 0 heterocycles. The molecule has 0 saturated heterocycles. The fourth-order valence-electron chi connectivity index (χ4n) is 0.230. The van der Waals surface area contributed by atoms with E-state index >= 15 is 0 Å². The number of aliphatic hydroxyl groups is 2. The van der Waals surface area contributed by atoms with Crippen molar-refractivity contribution in [1.29, 1.82) is 0 Å². The second kappa shape index (κ2) is 6.12. The van der Waals surface area contributed by atoms with Gasteiger partial charge < -0.3 is 29.1 Å². The minimum atomic E-state index is -5.00. The Morgan fingerprint density at radius 3 is 2.27 bits per heavy atom. The maximum Gasteiger partial charge on any atom is 2.00 e. The summed E-state index contributed by atoms with van der Waals surface area (Å²) in [4.78, 5) is 19.4. The first-order valence-electron chi connectivity index (χ1n) is 2.41. The van der Waals surface area contributed by atoms with Crippen LogP contribution in [0.3, 0.4) is 0 Å². The zero-order valence-corrected chi connectivity index (χ0v) is 7.54. The number of rotatable bonds is 4. The first-order valence-corrected chi connectivity index (χ1v) is 3.87. The summed E-state index contributed by atoms with van der Waals surface area (Å²) in [5.41, 5.74) is 0. The largest absolute Gasteiger partial charge is 2.00 e. The van der Waals surface area contributed by atoms with Crippen LogP contribution in [0.25, 0.3) is 0 Å². The van der Waals surface area contributed by atoms with E-state index in [1.165, 1.54) is 0 Å². The number of hydrogen-bond acceptors (Lipinski definition) is 6. The van der Waals surface area contributed by atoms with Crippen LogP contribution in [0, 0.1) is 0 Å². The van der Waals surface area contributed by atoms with Crippen molar-refractivity contribution in [3.63, 3.8) is 0 Å². The second-order valence-corrected chi connectivity index (χ2v) is 2.73. The zero-order valence-electron chi connectivity index (χ0n) is 5.37. The zero-order chi connectivity index (χ0) is 8.20. The van der Waals surface area contributed by atoms with Crippen molar-refractivity contribution in [2.45, 2.75) is 6.10 Å². The molecule has 8 heteroatoms. The molecule has 0 radical (unpaired) electrons. The van der Waals surface area contributed by atoms with Gasteiger partial charge >= 0.3 is 17.4 Å². The van der Waals surface area contributed by atoms with Crippen molar-refractivity contribution >= 4 is 7.82 Å². The number of phosphoric acid groups is 1. The third kappa shape index (κ3) is 10.6. The molecule has 0 rings (SSSR count). The van der Waals surface area contributed by atoms with Crippen LogP contribution in [0.5, 0.6) is 0 Å². The van der Waals surface area contributed by atoms with Crippen molar-refractivity contribution in [3.05, 3.63) is 0 Å². The summed E-state index contributed by atoms with van der Waals surface area (Å²) in [6.07, 6.45) is -1.32. The summed E-state index contributed by atoms with van der Waals surface area (Å²) in [6.45, 7) is -1.33. The van der Waals surface area contributed by atoms with Crippen LogP contribution in [0.4, 0.5) is 0 Å². The van der Waals surface area contributed by atoms with Gasteiger partial charge in [-0.25, -0.2) is 0 Å². The molecule has 0 amide bonds. The molecular formula is C3H7CrO6P. The third-order valence-corrected chi connectivity index (χ3v) is 1.10. The second-order valence-electron chi connectivity index (χ2n) is 1.58. The molecule has 1 unspecified atom stereocenters. The molecule has 2 N–H and O–H groups in total. The summed E-state index contributed by atoms with van der Waals surface area (Å²) in [7, 11) is -5.00. The van der Waals surface area contributed by atoms with E-state index in [1.807, 2.05) is 0 Å². The van der Waals surface area contributed by atoms with Crippen LogP contribution in [-0.4, -0.2) is 29.5 Å². The summed E-state index contributed by atoms with van der Waals surface area (Å²) >= 11 is 0. The molecular weight excluding hydrogens is 215 g/mol. The minimum Gasteiger partial charge on any atom is -0.790 e. The summed E-state index contributed by atoms with van der Waals surface area (Å²) in [5, 5.41) is 16.6. The van der Waals surface area contributed by atoms with E-state index in [0.717, 1.165) is 0 Å². The van der Waals surface area contributed by atoms with Gasteiger partial charge in [0.05, 0.1) is 21.0 Å². The van der Waals surface area contributed by atoms with Gasteiger partial charge in [0, 0.05) is 0 Å². The third-order valence-electron chi connectivity index (χ3n) is 0.636. The van der Waals surface area contributed by atoms with Crippen LogP contribution in [0.2, 0.25) is 0 Å². The molecule has 0 aliphatic heterocycles. The van der Waals surface area contributed by atoms with Crippen LogP contribution in [-0.2, 0) is 26.4 Å². The Kier molecular flexibility index (Phi) is 7.85. The Labute approximate surface area is 74.2 Å². The molecule has 0 aliphatic carbocycles. The normalized spacial score (nSPS) is 13.8. The average molecular weight is 222 g/mol. The average Bonchev–Trinajstić information content (AvgIpc) is 1.81. The summed E-state index contributed by atoms with van der Waals surface area (Å²) in [5.74, 6) is 0. The molecule has 0 spiro atoms. The number of aliphatic hydroxyl groups excluding tert-OH is 2. The molecule has 11 heavy (non-hydrogen) atoms. The van der Waals surface area contributed by atoms with E-state index in [2.05, 4.69) is 4.52 Å². The molecule has 0 aromatic rings. The van der Waals surface area contributed by atoms with E-state index < -0.39 is 27.1 Å². The molecule has 0 aliphatic rings. The molecule has 0 fully saturated rings. The topological polar surface area (TPSA) is 113 Å². The van der Waals surface area contributed by atoms with E-state index in [1.54, 1.807) is 0 Å². The van der Waals surface area contributed by atoms with Gasteiger partial charge in [0.25, 0.3) is 0 Å². The fourth-order valence-corrected chi connectivity index (χ4v) is 0.585. The van der Waals surface area contributed by atoms with Gasteiger partial charge in [-0.3, -0.25) is 0 Å². The Hall–Kier alpha value is 0.562. The van der Waals surface area contributed by atoms with E-state index in [4.69, 9.17) is 10.2 Å². The Bertz CT molecular complexity index is 134. The molecule has 6 nitrogen and oxygen atoms in total. The van der Waals surface area contributed by atoms with Gasteiger partial charge in [0.2, 0.25) is 0 Å². The van der Waals surface area contributed by atoms with E-state index in [-0.39, 0.29) is 17.4 Å². The van der Waals surface area contributed by atoms with Gasteiger partial charge in [-0.05, 0) is 0 Å². The Balaban J connectivity index is 0. The summed E-state index contributed by atoms with van der Waals surface area (Å²) in [6, 6.07) is 0. The Morgan fingerprint density at radius 1 is 1.55 bits per heavy atom. The van der Waals surface area contributed by atoms with Crippen LogP contribution >= 0.6 is 7.82 Å². The van der Waals surface area contributed by atoms with Gasteiger partial charge in [0.1, 0.15) is 6.10 Å². The Morgan fingerprint density at radius 2 is 2.00 bits per heavy atom. The predicted octanol–water partition coefficient (Wildman–Crippen LogP) is -2.82. The minimum absolute atomic E-state index is 0. The predicted molar refractivity (Wildman–Crippen MR) is 26.7 cm³/mol. The molecule has 0 aromatic heterocycles. The van der Waals surface area contributed by atoms with Crippen molar-refractivity contribution in [2.75, 3.05) is 13.2 Å². The van der Waals surface area contributed by atoms with Crippen LogP contribution in [0.15, 0.2) is 0 Å². The number of hydrogen-bond donors (Lipinski definition) is 2. The first kappa shape index (κ1) is 14.1. The standard InChI is InChI=1S/C3H9O6P.Cr/c4-1-3(5)2-9-10(6,7)8;/h3-5H,1-2H2,(H2,6,7,8);/q;+2/p-2. The van der Waals surface area contributed by atoms with Gasteiger partial charge in [-0.15, -0.1) is 0 Å².